The fourth-order valence-electron chi connectivity index (χ4n) is 4.21. The molecular weight excluding hydrogens is 351 g/mol. The van der Waals surface area contributed by atoms with Gasteiger partial charge in [-0.05, 0) is 54.5 Å². The number of benzene rings is 2. The predicted octanol–water partition coefficient (Wildman–Crippen LogP) is 5.39. The summed E-state index contributed by atoms with van der Waals surface area (Å²) in [5, 5.41) is 11.5. The van der Waals surface area contributed by atoms with Crippen molar-refractivity contribution in [3.8, 4) is 0 Å². The van der Waals surface area contributed by atoms with E-state index in [2.05, 4.69) is 17.0 Å². The van der Waals surface area contributed by atoms with E-state index >= 15 is 0 Å². The van der Waals surface area contributed by atoms with Crippen molar-refractivity contribution in [3.63, 3.8) is 0 Å². The first-order chi connectivity index (χ1) is 12.7. The number of para-hydroxylation sites is 1. The number of nitrogens with zero attached hydrogens (tertiary/aromatic N) is 1. The highest BCUT2D eigenvalue weighted by Crippen LogP contribution is 2.44. The Balaban J connectivity index is 1.91. The van der Waals surface area contributed by atoms with Crippen molar-refractivity contribution < 1.29 is 18.3 Å². The first-order valence-corrected chi connectivity index (χ1v) is 9.37. The largest absolute Gasteiger partial charge is 0.416 e. The molecule has 2 aromatic carbocycles. The van der Waals surface area contributed by atoms with Gasteiger partial charge in [-0.1, -0.05) is 43.2 Å². The minimum Gasteiger partial charge on any atom is -0.385 e. The number of anilines is 1. The summed E-state index contributed by atoms with van der Waals surface area (Å²) in [5.74, 6) is -0.0240. The van der Waals surface area contributed by atoms with Crippen LogP contribution in [0.2, 0.25) is 0 Å². The highest BCUT2D eigenvalue weighted by molar-refractivity contribution is 5.52. The van der Waals surface area contributed by atoms with E-state index in [0.717, 1.165) is 42.6 Å². The normalized spacial score (nSPS) is 23.3. The van der Waals surface area contributed by atoms with Crippen molar-refractivity contribution in [2.24, 2.45) is 5.92 Å². The maximum Gasteiger partial charge on any atom is 0.416 e. The van der Waals surface area contributed by atoms with Gasteiger partial charge in [0.2, 0.25) is 0 Å². The van der Waals surface area contributed by atoms with Gasteiger partial charge in [0.05, 0.1) is 11.2 Å². The molecule has 5 heteroatoms. The third-order valence-electron chi connectivity index (χ3n) is 5.69. The lowest BCUT2D eigenvalue weighted by Gasteiger charge is -2.41. The Bertz CT molecular complexity index is 770. The highest BCUT2D eigenvalue weighted by atomic mass is 19.4. The second-order valence-corrected chi connectivity index (χ2v) is 7.67. The van der Waals surface area contributed by atoms with Crippen LogP contribution in [0, 0.1) is 5.92 Å². The molecule has 1 aliphatic carbocycles. The number of alkyl halides is 3. The molecule has 1 saturated carbocycles. The molecule has 0 bridgehead atoms. The molecule has 1 N–H and O–H groups in total. The molecule has 2 atom stereocenters. The monoisotopic (exact) mass is 377 g/mol. The Kier molecular flexibility index (Phi) is 5.52. The van der Waals surface area contributed by atoms with Crippen molar-refractivity contribution in [3.05, 3.63) is 65.2 Å². The van der Waals surface area contributed by atoms with Crippen LogP contribution in [-0.4, -0.2) is 19.2 Å². The van der Waals surface area contributed by atoms with E-state index in [4.69, 9.17) is 0 Å². The van der Waals surface area contributed by atoms with Crippen LogP contribution in [0.3, 0.4) is 0 Å². The summed E-state index contributed by atoms with van der Waals surface area (Å²) in [6, 6.07) is 13.1. The Hall–Kier alpha value is -2.01. The smallest absolute Gasteiger partial charge is 0.385 e. The van der Waals surface area contributed by atoms with E-state index in [1.807, 2.05) is 26.2 Å². The molecular formula is C22H26F3NO. The van der Waals surface area contributed by atoms with Gasteiger partial charge in [0, 0.05) is 19.8 Å². The second kappa shape index (κ2) is 7.55. The van der Waals surface area contributed by atoms with Crippen molar-refractivity contribution >= 4 is 5.69 Å². The van der Waals surface area contributed by atoms with Gasteiger partial charge in [-0.25, -0.2) is 0 Å². The lowest BCUT2D eigenvalue weighted by atomic mass is 9.69. The van der Waals surface area contributed by atoms with E-state index in [-0.39, 0.29) is 5.92 Å². The summed E-state index contributed by atoms with van der Waals surface area (Å²) in [5.41, 5.74) is 1.07. The maximum atomic E-state index is 12.9. The Morgan fingerprint density at radius 1 is 1.04 bits per heavy atom. The minimum atomic E-state index is -4.36. The molecule has 0 amide bonds. The van der Waals surface area contributed by atoms with E-state index < -0.39 is 17.3 Å². The standard InChI is InChI=1S/C22H26F3NO/c1-26(2)20-9-4-3-7-16(20)15-19-8-5-6-14-21(19,27)17-10-12-18(13-11-17)22(23,24)25/h3-4,7,9-13,19,27H,5-6,8,14-15H2,1-2H3. The Labute approximate surface area is 158 Å². The molecule has 0 heterocycles. The van der Waals surface area contributed by atoms with Crippen LogP contribution >= 0.6 is 0 Å². The van der Waals surface area contributed by atoms with Gasteiger partial charge in [0.25, 0.3) is 0 Å². The maximum absolute atomic E-state index is 12.9. The van der Waals surface area contributed by atoms with Crippen LogP contribution in [0.15, 0.2) is 48.5 Å². The van der Waals surface area contributed by atoms with Crippen LogP contribution < -0.4 is 4.90 Å². The first-order valence-electron chi connectivity index (χ1n) is 9.37. The van der Waals surface area contributed by atoms with E-state index in [1.54, 1.807) is 0 Å². The average Bonchev–Trinajstić information content (AvgIpc) is 2.63. The van der Waals surface area contributed by atoms with Crippen molar-refractivity contribution in [1.82, 2.24) is 0 Å². The quantitative estimate of drug-likeness (QED) is 0.772. The predicted molar refractivity (Wildman–Crippen MR) is 102 cm³/mol. The zero-order chi connectivity index (χ0) is 19.7. The summed E-state index contributed by atoms with van der Waals surface area (Å²) < 4.78 is 38.6. The summed E-state index contributed by atoms with van der Waals surface area (Å²) in [7, 11) is 3.98. The van der Waals surface area contributed by atoms with Crippen LogP contribution in [0.25, 0.3) is 0 Å². The molecule has 2 nitrogen and oxygen atoms in total. The molecule has 1 aliphatic rings. The Morgan fingerprint density at radius 2 is 1.70 bits per heavy atom. The molecule has 3 rings (SSSR count). The van der Waals surface area contributed by atoms with Gasteiger partial charge in [-0.3, -0.25) is 0 Å². The van der Waals surface area contributed by atoms with Gasteiger partial charge in [0.1, 0.15) is 0 Å². The molecule has 27 heavy (non-hydrogen) atoms. The third-order valence-corrected chi connectivity index (χ3v) is 5.69. The average molecular weight is 377 g/mol. The van der Waals surface area contributed by atoms with Crippen LogP contribution in [-0.2, 0) is 18.2 Å². The zero-order valence-electron chi connectivity index (χ0n) is 15.8. The zero-order valence-corrected chi connectivity index (χ0v) is 15.8. The molecule has 0 aromatic heterocycles. The van der Waals surface area contributed by atoms with Gasteiger partial charge < -0.3 is 10.0 Å². The fourth-order valence-corrected chi connectivity index (χ4v) is 4.21. The van der Waals surface area contributed by atoms with E-state index in [0.29, 0.717) is 18.4 Å². The number of hydrogen-bond donors (Lipinski definition) is 1. The molecule has 1 fully saturated rings. The van der Waals surface area contributed by atoms with Crippen molar-refractivity contribution in [1.29, 1.82) is 0 Å². The summed E-state index contributed by atoms with van der Waals surface area (Å²) in [6.07, 6.45) is -0.322. The first kappa shape index (κ1) is 19.7. The van der Waals surface area contributed by atoms with Gasteiger partial charge in [0.15, 0.2) is 0 Å². The number of aliphatic hydroxyl groups is 1. The minimum absolute atomic E-state index is 0.0240. The number of rotatable bonds is 4. The molecule has 0 aliphatic heterocycles. The lowest BCUT2D eigenvalue weighted by Crippen LogP contribution is -2.39. The summed E-state index contributed by atoms with van der Waals surface area (Å²) in [4.78, 5) is 2.05. The molecule has 0 radical (unpaired) electrons. The number of halogens is 3. The summed E-state index contributed by atoms with van der Waals surface area (Å²) in [6.45, 7) is 0. The van der Waals surface area contributed by atoms with Gasteiger partial charge in [-0.2, -0.15) is 13.2 Å². The van der Waals surface area contributed by atoms with Crippen LogP contribution in [0.4, 0.5) is 18.9 Å². The van der Waals surface area contributed by atoms with E-state index in [9.17, 15) is 18.3 Å². The van der Waals surface area contributed by atoms with E-state index in [1.165, 1.54) is 12.1 Å². The second-order valence-electron chi connectivity index (χ2n) is 7.67. The van der Waals surface area contributed by atoms with Crippen LogP contribution in [0.5, 0.6) is 0 Å². The topological polar surface area (TPSA) is 23.5 Å². The van der Waals surface area contributed by atoms with Gasteiger partial charge >= 0.3 is 6.18 Å². The lowest BCUT2D eigenvalue weighted by molar-refractivity contribution is -0.137. The third kappa shape index (κ3) is 4.13. The fraction of sp³-hybridized carbons (Fsp3) is 0.455. The van der Waals surface area contributed by atoms with Crippen molar-refractivity contribution in [2.75, 3.05) is 19.0 Å². The van der Waals surface area contributed by atoms with Gasteiger partial charge in [-0.15, -0.1) is 0 Å². The highest BCUT2D eigenvalue weighted by Gasteiger charge is 2.41. The SMILES string of the molecule is CN(C)c1ccccc1CC1CCCCC1(O)c1ccc(C(F)(F)F)cc1. The Morgan fingerprint density at radius 3 is 2.33 bits per heavy atom. The molecule has 0 spiro atoms. The molecule has 2 aromatic rings. The molecule has 0 saturated heterocycles. The van der Waals surface area contributed by atoms with Crippen LogP contribution in [0.1, 0.15) is 42.4 Å². The molecule has 146 valence electrons. The summed E-state index contributed by atoms with van der Waals surface area (Å²) >= 11 is 0. The molecule has 2 unspecified atom stereocenters. The number of hydrogen-bond acceptors (Lipinski definition) is 2. The van der Waals surface area contributed by atoms with Crippen molar-refractivity contribution in [2.45, 2.75) is 43.9 Å².